The van der Waals surface area contributed by atoms with E-state index in [2.05, 4.69) is 13.8 Å². The summed E-state index contributed by atoms with van der Waals surface area (Å²) in [7, 11) is 0. The highest BCUT2D eigenvalue weighted by Gasteiger charge is 2.08. The first-order chi connectivity index (χ1) is 9.27. The van der Waals surface area contributed by atoms with Crippen molar-refractivity contribution >= 4 is 12.0 Å². The van der Waals surface area contributed by atoms with E-state index in [1.54, 1.807) is 6.08 Å². The third kappa shape index (κ3) is 6.23. The van der Waals surface area contributed by atoms with E-state index in [1.165, 1.54) is 0 Å². The maximum Gasteiger partial charge on any atom is 0.246 e. The smallest absolute Gasteiger partial charge is 0.246 e. The fraction of sp³-hybridized carbons (Fsp3) is 0.471. The van der Waals surface area contributed by atoms with Crippen LogP contribution < -0.4 is 0 Å². The zero-order valence-electron chi connectivity index (χ0n) is 12.1. The van der Waals surface area contributed by atoms with Crippen molar-refractivity contribution in [2.24, 2.45) is 0 Å². The largest absolute Gasteiger partial charge is 0.339 e. The molecule has 0 aromatic heterocycles. The molecule has 1 aromatic carbocycles. The molecule has 0 heterocycles. The van der Waals surface area contributed by atoms with Crippen LogP contribution in [0, 0.1) is 0 Å². The van der Waals surface area contributed by atoms with Gasteiger partial charge >= 0.3 is 0 Å². The molecule has 2 heteroatoms. The Bertz CT molecular complexity index is 376. The molecule has 0 bridgehead atoms. The lowest BCUT2D eigenvalue weighted by atomic mass is 10.2. The maximum absolute atomic E-state index is 12.2. The number of nitrogens with zero attached hydrogens (tertiary/aromatic N) is 1. The summed E-state index contributed by atoms with van der Waals surface area (Å²) >= 11 is 0. The molecule has 0 aliphatic rings. The van der Waals surface area contributed by atoms with Gasteiger partial charge < -0.3 is 4.90 Å². The van der Waals surface area contributed by atoms with Crippen LogP contribution in [0.5, 0.6) is 0 Å². The monoisotopic (exact) mass is 259 g/mol. The lowest BCUT2D eigenvalue weighted by molar-refractivity contribution is -0.126. The Kier molecular flexibility index (Phi) is 7.64. The quantitative estimate of drug-likeness (QED) is 0.643. The van der Waals surface area contributed by atoms with Crippen molar-refractivity contribution in [3.8, 4) is 0 Å². The molecular formula is C17H25NO. The first-order valence-electron chi connectivity index (χ1n) is 7.30. The van der Waals surface area contributed by atoms with E-state index in [4.69, 9.17) is 0 Å². The van der Waals surface area contributed by atoms with Gasteiger partial charge in [0, 0.05) is 19.2 Å². The standard InChI is InChI=1S/C17H25NO/c1-3-5-14-18(15-6-4-2)17(19)13-12-16-10-8-7-9-11-16/h7-13H,3-6,14-15H2,1-2H3/b13-12-. The van der Waals surface area contributed by atoms with E-state index in [0.29, 0.717) is 0 Å². The molecule has 1 amide bonds. The molecule has 0 fully saturated rings. The van der Waals surface area contributed by atoms with Crippen LogP contribution in [0.4, 0.5) is 0 Å². The molecule has 0 radical (unpaired) electrons. The summed E-state index contributed by atoms with van der Waals surface area (Å²) in [6.45, 7) is 6.05. The highest BCUT2D eigenvalue weighted by molar-refractivity contribution is 5.91. The third-order valence-electron chi connectivity index (χ3n) is 3.09. The zero-order chi connectivity index (χ0) is 13.9. The van der Waals surface area contributed by atoms with Gasteiger partial charge in [-0.3, -0.25) is 4.79 Å². The number of amides is 1. The summed E-state index contributed by atoms with van der Waals surface area (Å²) in [5, 5.41) is 0. The molecule has 0 saturated carbocycles. The van der Waals surface area contributed by atoms with E-state index >= 15 is 0 Å². The maximum atomic E-state index is 12.2. The summed E-state index contributed by atoms with van der Waals surface area (Å²) in [5.41, 5.74) is 1.07. The normalized spacial score (nSPS) is 10.8. The number of carbonyl (C=O) groups excluding carboxylic acids is 1. The minimum Gasteiger partial charge on any atom is -0.339 e. The van der Waals surface area contributed by atoms with Gasteiger partial charge in [0.1, 0.15) is 0 Å². The van der Waals surface area contributed by atoms with Gasteiger partial charge in [0.25, 0.3) is 0 Å². The average Bonchev–Trinajstić information content (AvgIpc) is 2.46. The summed E-state index contributed by atoms with van der Waals surface area (Å²) < 4.78 is 0. The van der Waals surface area contributed by atoms with Crippen LogP contribution >= 0.6 is 0 Å². The number of hydrogen-bond acceptors (Lipinski definition) is 1. The van der Waals surface area contributed by atoms with E-state index in [0.717, 1.165) is 44.3 Å². The summed E-state index contributed by atoms with van der Waals surface area (Å²) in [6, 6.07) is 9.96. The van der Waals surface area contributed by atoms with Gasteiger partial charge in [-0.1, -0.05) is 57.0 Å². The zero-order valence-corrected chi connectivity index (χ0v) is 12.1. The van der Waals surface area contributed by atoms with Crippen molar-refractivity contribution in [2.45, 2.75) is 39.5 Å². The highest BCUT2D eigenvalue weighted by Crippen LogP contribution is 2.04. The van der Waals surface area contributed by atoms with Crippen molar-refractivity contribution in [1.29, 1.82) is 0 Å². The molecule has 0 saturated heterocycles. The fourth-order valence-electron chi connectivity index (χ4n) is 1.87. The van der Waals surface area contributed by atoms with Crippen LogP contribution in [-0.4, -0.2) is 23.9 Å². The first kappa shape index (κ1) is 15.5. The van der Waals surface area contributed by atoms with Crippen molar-refractivity contribution < 1.29 is 4.79 Å². The summed E-state index contributed by atoms with van der Waals surface area (Å²) in [4.78, 5) is 14.1. The van der Waals surface area contributed by atoms with Gasteiger partial charge in [-0.05, 0) is 24.5 Å². The fourth-order valence-corrected chi connectivity index (χ4v) is 1.87. The van der Waals surface area contributed by atoms with Crippen molar-refractivity contribution in [1.82, 2.24) is 4.90 Å². The molecule has 19 heavy (non-hydrogen) atoms. The Hall–Kier alpha value is -1.57. The Balaban J connectivity index is 2.57. The van der Waals surface area contributed by atoms with Gasteiger partial charge in [0.2, 0.25) is 5.91 Å². The Morgan fingerprint density at radius 3 is 2.16 bits per heavy atom. The molecule has 0 unspecified atom stereocenters. The van der Waals surface area contributed by atoms with Gasteiger partial charge in [-0.25, -0.2) is 0 Å². The lowest BCUT2D eigenvalue weighted by Gasteiger charge is -2.20. The topological polar surface area (TPSA) is 20.3 Å². The van der Waals surface area contributed by atoms with Crippen LogP contribution in [0.25, 0.3) is 6.08 Å². The average molecular weight is 259 g/mol. The number of carbonyl (C=O) groups is 1. The molecule has 1 rings (SSSR count). The lowest BCUT2D eigenvalue weighted by Crippen LogP contribution is -2.31. The predicted molar refractivity (Wildman–Crippen MR) is 81.9 cm³/mol. The van der Waals surface area contributed by atoms with Gasteiger partial charge in [-0.15, -0.1) is 0 Å². The van der Waals surface area contributed by atoms with Crippen LogP contribution in [0.15, 0.2) is 36.4 Å². The minimum absolute atomic E-state index is 0.130. The van der Waals surface area contributed by atoms with Crippen molar-refractivity contribution in [3.05, 3.63) is 42.0 Å². The molecule has 0 N–H and O–H groups in total. The van der Waals surface area contributed by atoms with E-state index in [1.807, 2.05) is 41.3 Å². The molecule has 104 valence electrons. The third-order valence-corrected chi connectivity index (χ3v) is 3.09. The number of rotatable bonds is 8. The van der Waals surface area contributed by atoms with Gasteiger partial charge in [0.05, 0.1) is 0 Å². The SMILES string of the molecule is CCCCN(CCCC)C(=O)/C=C\c1ccccc1. The second kappa shape index (κ2) is 9.37. The second-order valence-electron chi connectivity index (χ2n) is 4.78. The van der Waals surface area contributed by atoms with Crippen LogP contribution in [0.1, 0.15) is 45.1 Å². The van der Waals surface area contributed by atoms with Crippen LogP contribution in [-0.2, 0) is 4.79 Å². The van der Waals surface area contributed by atoms with Crippen molar-refractivity contribution in [2.75, 3.05) is 13.1 Å². The Morgan fingerprint density at radius 1 is 1.05 bits per heavy atom. The molecule has 0 aliphatic heterocycles. The van der Waals surface area contributed by atoms with Gasteiger partial charge in [0.15, 0.2) is 0 Å². The first-order valence-corrected chi connectivity index (χ1v) is 7.30. The summed E-state index contributed by atoms with van der Waals surface area (Å²) in [6.07, 6.45) is 7.99. The molecule has 0 aliphatic carbocycles. The van der Waals surface area contributed by atoms with Crippen LogP contribution in [0.3, 0.4) is 0 Å². The predicted octanol–water partition coefficient (Wildman–Crippen LogP) is 4.13. The van der Waals surface area contributed by atoms with Crippen molar-refractivity contribution in [3.63, 3.8) is 0 Å². The number of hydrogen-bond donors (Lipinski definition) is 0. The Morgan fingerprint density at radius 2 is 1.63 bits per heavy atom. The molecule has 2 nitrogen and oxygen atoms in total. The number of unbranched alkanes of at least 4 members (excludes halogenated alkanes) is 2. The number of benzene rings is 1. The highest BCUT2D eigenvalue weighted by atomic mass is 16.2. The second-order valence-corrected chi connectivity index (χ2v) is 4.78. The molecule has 0 spiro atoms. The molecule has 0 atom stereocenters. The van der Waals surface area contributed by atoms with Gasteiger partial charge in [-0.2, -0.15) is 0 Å². The minimum atomic E-state index is 0.130. The molecule has 1 aromatic rings. The molecular weight excluding hydrogens is 234 g/mol. The van der Waals surface area contributed by atoms with E-state index in [-0.39, 0.29) is 5.91 Å². The van der Waals surface area contributed by atoms with E-state index in [9.17, 15) is 4.79 Å². The van der Waals surface area contributed by atoms with E-state index < -0.39 is 0 Å². The Labute approximate surface area is 117 Å². The van der Waals surface area contributed by atoms with Crippen LogP contribution in [0.2, 0.25) is 0 Å². The summed E-state index contributed by atoms with van der Waals surface area (Å²) in [5.74, 6) is 0.130.